The van der Waals surface area contributed by atoms with Gasteiger partial charge in [-0.1, -0.05) is 63.2 Å². The van der Waals surface area contributed by atoms with Gasteiger partial charge in [0, 0.05) is 41.0 Å². The van der Waals surface area contributed by atoms with E-state index in [4.69, 9.17) is 14.5 Å². The summed E-state index contributed by atoms with van der Waals surface area (Å²) in [6.07, 6.45) is 0.858. The maximum absolute atomic E-state index is 14.7. The number of likely N-dealkylation sites (tertiary alicyclic amines) is 1. The number of carbonyl (C=O) groups is 4. The molecule has 5 amide bonds. The van der Waals surface area contributed by atoms with Gasteiger partial charge in [-0.3, -0.25) is 14.4 Å². The monoisotopic (exact) mass is 830 g/mol. The number of urea groups is 1. The van der Waals surface area contributed by atoms with Crippen LogP contribution in [0, 0.1) is 11.3 Å². The molecule has 1 aliphatic carbocycles. The van der Waals surface area contributed by atoms with E-state index in [0.29, 0.717) is 28.1 Å². The Kier molecular flexibility index (Phi) is 11.7. The molecule has 58 heavy (non-hydrogen) atoms. The fraction of sp³-hybridized carbons (Fsp3) is 0.405. The highest BCUT2D eigenvalue weighted by molar-refractivity contribution is 7.92. The molecule has 2 fully saturated rings. The predicted molar refractivity (Wildman–Crippen MR) is 222 cm³/mol. The van der Waals surface area contributed by atoms with Crippen LogP contribution in [-0.2, 0) is 24.4 Å². The van der Waals surface area contributed by atoms with Crippen molar-refractivity contribution in [3.8, 4) is 22.8 Å². The Bertz CT molecular complexity index is 2320. The largest absolute Gasteiger partial charge is 0.497 e. The number of thiophene rings is 1. The third kappa shape index (κ3) is 9.12. The lowest BCUT2D eigenvalue weighted by atomic mass is 9.85. The van der Waals surface area contributed by atoms with Gasteiger partial charge in [-0.25, -0.2) is 22.9 Å². The molecule has 308 valence electrons. The molecule has 4 N–H and O–H groups in total. The van der Waals surface area contributed by atoms with Crippen LogP contribution >= 0.6 is 11.3 Å². The molecule has 5 atom stereocenters. The number of carbonyl (C=O) groups excluding carboxylic acids is 4. The molecule has 16 heteroatoms. The smallest absolute Gasteiger partial charge is 0.315 e. The number of nitrogens with zero attached hydrogens (tertiary/aromatic N) is 2. The molecule has 1 saturated heterocycles. The Hall–Kier alpha value is -5.48. The van der Waals surface area contributed by atoms with Gasteiger partial charge in [0.2, 0.25) is 11.8 Å². The highest BCUT2D eigenvalue weighted by Crippen LogP contribution is 2.45. The summed E-state index contributed by atoms with van der Waals surface area (Å²) in [5, 5.41) is 10.7. The molecule has 3 heterocycles. The summed E-state index contributed by atoms with van der Waals surface area (Å²) in [5.41, 5.74) is -0.954. The van der Waals surface area contributed by atoms with E-state index < -0.39 is 74.4 Å². The van der Waals surface area contributed by atoms with E-state index in [9.17, 15) is 27.6 Å². The van der Waals surface area contributed by atoms with Crippen LogP contribution in [0.2, 0.25) is 0 Å². The molecule has 0 bridgehead atoms. The summed E-state index contributed by atoms with van der Waals surface area (Å²) in [7, 11) is -2.66. The van der Waals surface area contributed by atoms with Crippen molar-refractivity contribution in [2.75, 3.05) is 13.7 Å². The first-order valence-corrected chi connectivity index (χ1v) is 21.3. The number of nitrogens with one attached hydrogen (secondary N) is 4. The van der Waals surface area contributed by atoms with E-state index >= 15 is 0 Å². The number of fused-ring (bicyclic) bond motifs is 1. The molecule has 1 aliphatic heterocycles. The van der Waals surface area contributed by atoms with Crippen molar-refractivity contribution < 1.29 is 37.1 Å². The van der Waals surface area contributed by atoms with Crippen LogP contribution < -0.4 is 30.1 Å². The zero-order valence-electron chi connectivity index (χ0n) is 33.6. The summed E-state index contributed by atoms with van der Waals surface area (Å²) in [4.78, 5) is 62.5. The van der Waals surface area contributed by atoms with Crippen LogP contribution in [0.15, 0.2) is 89.0 Å². The lowest BCUT2D eigenvalue weighted by Gasteiger charge is -2.36. The molecule has 1 unspecified atom stereocenters. The number of benzene rings is 2. The van der Waals surface area contributed by atoms with Crippen LogP contribution in [0.5, 0.6) is 11.5 Å². The average molecular weight is 831 g/mol. The first-order valence-electron chi connectivity index (χ1n) is 18.9. The third-order valence-corrected chi connectivity index (χ3v) is 12.8. The number of rotatable bonds is 12. The van der Waals surface area contributed by atoms with Crippen LogP contribution in [0.4, 0.5) is 4.79 Å². The Morgan fingerprint density at radius 3 is 2.34 bits per heavy atom. The topological polar surface area (TPSA) is 185 Å². The molecular weight excluding hydrogens is 781 g/mol. The quantitative estimate of drug-likeness (QED) is 0.136. The van der Waals surface area contributed by atoms with Gasteiger partial charge in [0.05, 0.1) is 24.9 Å². The van der Waals surface area contributed by atoms with Gasteiger partial charge >= 0.3 is 6.03 Å². The number of sulfonamides is 1. The molecule has 14 nitrogen and oxygen atoms in total. The maximum atomic E-state index is 14.7. The first kappa shape index (κ1) is 42.1. The summed E-state index contributed by atoms with van der Waals surface area (Å²) in [6, 6.07) is 16.9. The number of aromatic nitrogens is 1. The molecule has 2 aromatic heterocycles. The van der Waals surface area contributed by atoms with Crippen molar-refractivity contribution in [3.05, 3.63) is 84.8 Å². The SMILES string of the molecule is C=CC1C[C@]1(NC(=O)[C@@H]1C[C@@H](Oc2cc(-c3ccccc3)nc3cc(OC)ccc23)CN1C(=O)[C@@H](NC(=O)NC(C)(C)C)C(C)(C)C)C(=O)NS(=O)(=O)c1cccs1. The first-order chi connectivity index (χ1) is 27.2. The summed E-state index contributed by atoms with van der Waals surface area (Å²) in [6.45, 7) is 14.6. The van der Waals surface area contributed by atoms with Crippen LogP contribution in [0.1, 0.15) is 54.4 Å². The summed E-state index contributed by atoms with van der Waals surface area (Å²) < 4.78 is 40.4. The highest BCUT2D eigenvalue weighted by Gasteiger charge is 2.61. The van der Waals surface area contributed by atoms with Gasteiger partial charge in [0.25, 0.3) is 15.9 Å². The van der Waals surface area contributed by atoms with Gasteiger partial charge in [-0.15, -0.1) is 17.9 Å². The standard InChI is InChI=1S/C42H50N6O8S2/c1-9-26-23-42(26,38(51)47-58(53,54)34-16-13-19-57-34)45-36(49)32-21-28(24-48(32)37(50)35(40(2,3)4)44-39(52)46-41(5,6)7)56-33-22-30(25-14-11-10-12-15-25)43-31-20-27(55-8)17-18-29(31)33/h9-20,22,26,28,32,35H,1,21,23-24H2,2-8H3,(H,45,49)(H,47,51)(H2,44,46,52)/t26?,28-,32+,35-,42-/m1/s1. The average Bonchev–Trinajstić information content (AvgIpc) is 3.44. The van der Waals surface area contributed by atoms with E-state index in [1.165, 1.54) is 17.0 Å². The van der Waals surface area contributed by atoms with Crippen LogP contribution in [0.3, 0.4) is 0 Å². The number of hydrogen-bond donors (Lipinski definition) is 4. The number of ether oxygens (including phenoxy) is 2. The Balaban J connectivity index is 1.35. The van der Waals surface area contributed by atoms with Gasteiger partial charge in [0.15, 0.2) is 0 Å². The second kappa shape index (κ2) is 16.0. The molecule has 4 aromatic rings. The zero-order valence-corrected chi connectivity index (χ0v) is 35.3. The molecule has 6 rings (SSSR count). The van der Waals surface area contributed by atoms with Crippen LogP contribution in [0.25, 0.3) is 22.2 Å². The number of hydrogen-bond acceptors (Lipinski definition) is 10. The van der Waals surface area contributed by atoms with Crippen molar-refractivity contribution in [3.63, 3.8) is 0 Å². The predicted octanol–water partition coefficient (Wildman–Crippen LogP) is 5.40. The van der Waals surface area contributed by atoms with E-state index in [1.54, 1.807) is 51.5 Å². The summed E-state index contributed by atoms with van der Waals surface area (Å²) in [5.74, 6) is -1.65. The number of amides is 5. The molecule has 1 saturated carbocycles. The Labute approximate surface area is 342 Å². The number of pyridine rings is 1. The maximum Gasteiger partial charge on any atom is 0.315 e. The van der Waals surface area contributed by atoms with Crippen molar-refractivity contribution >= 4 is 56.0 Å². The van der Waals surface area contributed by atoms with E-state index in [0.717, 1.165) is 16.9 Å². The minimum absolute atomic E-state index is 0.00716. The van der Waals surface area contributed by atoms with Crippen molar-refractivity contribution in [2.45, 2.75) is 87.9 Å². The number of methoxy groups -OCH3 is 1. The lowest BCUT2D eigenvalue weighted by molar-refractivity contribution is -0.142. The Morgan fingerprint density at radius 2 is 1.74 bits per heavy atom. The normalized spacial score (nSPS) is 21.1. The van der Waals surface area contributed by atoms with Gasteiger partial charge in [-0.2, -0.15) is 0 Å². The molecule has 2 aromatic carbocycles. The van der Waals surface area contributed by atoms with Gasteiger partial charge < -0.3 is 30.3 Å². The minimum Gasteiger partial charge on any atom is -0.497 e. The molecular formula is C42H50N6O8S2. The minimum atomic E-state index is -4.22. The van der Waals surface area contributed by atoms with Crippen molar-refractivity contribution in [1.82, 2.24) is 30.6 Å². The molecule has 0 radical (unpaired) electrons. The third-order valence-electron chi connectivity index (χ3n) is 10.1. The van der Waals surface area contributed by atoms with Gasteiger partial charge in [-0.05, 0) is 56.2 Å². The molecule has 0 spiro atoms. The van der Waals surface area contributed by atoms with E-state index in [1.807, 2.05) is 63.2 Å². The molecule has 2 aliphatic rings. The fourth-order valence-electron chi connectivity index (χ4n) is 7.05. The highest BCUT2D eigenvalue weighted by atomic mass is 32.2. The van der Waals surface area contributed by atoms with E-state index in [-0.39, 0.29) is 23.6 Å². The fourth-order valence-corrected chi connectivity index (χ4v) is 9.08. The van der Waals surface area contributed by atoms with Crippen molar-refractivity contribution in [1.29, 1.82) is 0 Å². The zero-order chi connectivity index (χ0) is 42.2. The second-order valence-corrected chi connectivity index (χ2v) is 19.6. The second-order valence-electron chi connectivity index (χ2n) is 16.8. The lowest BCUT2D eigenvalue weighted by Crippen LogP contribution is -2.61. The van der Waals surface area contributed by atoms with Gasteiger partial charge in [0.1, 0.15) is 39.4 Å². The summed E-state index contributed by atoms with van der Waals surface area (Å²) >= 11 is 0.949. The van der Waals surface area contributed by atoms with Crippen molar-refractivity contribution in [2.24, 2.45) is 11.3 Å². The van der Waals surface area contributed by atoms with E-state index in [2.05, 4.69) is 27.3 Å². The Morgan fingerprint density at radius 1 is 1.02 bits per heavy atom. The van der Waals surface area contributed by atoms with Crippen LogP contribution in [-0.4, -0.2) is 85.0 Å².